The summed E-state index contributed by atoms with van der Waals surface area (Å²) in [6, 6.07) is 18.3. The monoisotopic (exact) mass is 499 g/mol. The fourth-order valence-electron chi connectivity index (χ4n) is 4.56. The number of ether oxygens (including phenoxy) is 1. The minimum atomic E-state index is -0.0381. The molecule has 2 aromatic carbocycles. The lowest BCUT2D eigenvalue weighted by Gasteiger charge is -2.33. The first-order valence-corrected chi connectivity index (χ1v) is 12.8. The van der Waals surface area contributed by atoms with Crippen LogP contribution in [0.2, 0.25) is 0 Å². The first-order chi connectivity index (χ1) is 18.1. The van der Waals surface area contributed by atoms with Gasteiger partial charge in [-0.1, -0.05) is 42.5 Å². The van der Waals surface area contributed by atoms with Crippen LogP contribution in [-0.2, 0) is 16.1 Å². The molecular weight excluding hydrogens is 466 g/mol. The highest BCUT2D eigenvalue weighted by atomic mass is 16.5. The number of benzene rings is 2. The number of carbonyl (C=O) groups excluding carboxylic acids is 2. The van der Waals surface area contributed by atoms with Crippen LogP contribution in [-0.4, -0.2) is 77.3 Å². The molecule has 8 heteroatoms. The van der Waals surface area contributed by atoms with Crippen molar-refractivity contribution in [2.45, 2.75) is 25.4 Å². The number of rotatable bonds is 9. The number of nitrogens with one attached hydrogen (secondary N) is 1. The lowest BCUT2D eigenvalue weighted by molar-refractivity contribution is -0.128. The molecule has 5 rings (SSSR count). The zero-order chi connectivity index (χ0) is 25.6. The van der Waals surface area contributed by atoms with Gasteiger partial charge in [0, 0.05) is 55.6 Å². The van der Waals surface area contributed by atoms with Gasteiger partial charge in [-0.3, -0.25) is 19.2 Å². The summed E-state index contributed by atoms with van der Waals surface area (Å²) >= 11 is 0. The van der Waals surface area contributed by atoms with Crippen molar-refractivity contribution in [2.75, 3.05) is 39.8 Å². The van der Waals surface area contributed by atoms with E-state index in [1.54, 1.807) is 13.2 Å². The molecule has 0 radical (unpaired) electrons. The van der Waals surface area contributed by atoms with Gasteiger partial charge in [0.05, 0.1) is 20.2 Å². The molecule has 192 valence electrons. The largest absolute Gasteiger partial charge is 0.496 e. The van der Waals surface area contributed by atoms with Crippen LogP contribution >= 0.6 is 0 Å². The number of hydrogen-bond donors (Lipinski definition) is 1. The molecule has 0 spiro atoms. The lowest BCUT2D eigenvalue weighted by Crippen LogP contribution is -2.51. The first kappa shape index (κ1) is 24.8. The maximum Gasteiger partial charge on any atom is 0.246 e. The van der Waals surface area contributed by atoms with Gasteiger partial charge in [-0.15, -0.1) is 0 Å². The highest BCUT2D eigenvalue weighted by Gasteiger charge is 2.26. The molecule has 0 unspecified atom stereocenters. The summed E-state index contributed by atoms with van der Waals surface area (Å²) in [5.74, 6) is 0.776. The molecule has 1 aromatic heterocycles. The van der Waals surface area contributed by atoms with Crippen LogP contribution in [0.4, 0.5) is 0 Å². The highest BCUT2D eigenvalue weighted by Crippen LogP contribution is 2.32. The fraction of sp³-hybridized carbons (Fsp3) is 0.345. The van der Waals surface area contributed by atoms with Gasteiger partial charge in [0.1, 0.15) is 11.4 Å². The minimum Gasteiger partial charge on any atom is -0.496 e. The predicted molar refractivity (Wildman–Crippen MR) is 143 cm³/mol. The van der Waals surface area contributed by atoms with Crippen molar-refractivity contribution in [2.24, 2.45) is 0 Å². The van der Waals surface area contributed by atoms with Crippen LogP contribution < -0.4 is 10.1 Å². The summed E-state index contributed by atoms with van der Waals surface area (Å²) in [7, 11) is 1.65. The Hall–Kier alpha value is -3.91. The van der Waals surface area contributed by atoms with E-state index in [9.17, 15) is 9.59 Å². The number of piperazine rings is 1. The Kier molecular flexibility index (Phi) is 7.65. The van der Waals surface area contributed by atoms with E-state index < -0.39 is 0 Å². The topological polar surface area (TPSA) is 79.7 Å². The second kappa shape index (κ2) is 11.4. The van der Waals surface area contributed by atoms with Gasteiger partial charge >= 0.3 is 0 Å². The second-order valence-electron chi connectivity index (χ2n) is 9.59. The van der Waals surface area contributed by atoms with Gasteiger partial charge in [0.25, 0.3) is 0 Å². The minimum absolute atomic E-state index is 0.0381. The molecule has 1 aliphatic heterocycles. The first-order valence-electron chi connectivity index (χ1n) is 12.8. The van der Waals surface area contributed by atoms with E-state index in [0.29, 0.717) is 45.3 Å². The summed E-state index contributed by atoms with van der Waals surface area (Å²) < 4.78 is 7.48. The van der Waals surface area contributed by atoms with Gasteiger partial charge in [-0.25, -0.2) is 0 Å². The Labute approximate surface area is 217 Å². The number of carbonyl (C=O) groups is 2. The van der Waals surface area contributed by atoms with Crippen molar-refractivity contribution in [3.63, 3.8) is 0 Å². The Balaban J connectivity index is 1.28. The number of methoxy groups -OCH3 is 1. The van der Waals surface area contributed by atoms with Crippen LogP contribution in [0.1, 0.15) is 24.0 Å². The molecule has 2 amide bonds. The normalized spacial score (nSPS) is 16.2. The fourth-order valence-corrected chi connectivity index (χ4v) is 4.56. The van der Waals surface area contributed by atoms with E-state index in [1.807, 2.05) is 64.3 Å². The molecule has 2 aliphatic rings. The second-order valence-corrected chi connectivity index (χ2v) is 9.59. The molecule has 2 fully saturated rings. The van der Waals surface area contributed by atoms with Crippen molar-refractivity contribution in [1.29, 1.82) is 0 Å². The summed E-state index contributed by atoms with van der Waals surface area (Å²) in [4.78, 5) is 29.0. The van der Waals surface area contributed by atoms with Gasteiger partial charge in [0.15, 0.2) is 0 Å². The molecule has 1 aliphatic carbocycles. The molecule has 0 atom stereocenters. The van der Waals surface area contributed by atoms with E-state index in [0.717, 1.165) is 41.0 Å². The Morgan fingerprint density at radius 3 is 2.49 bits per heavy atom. The van der Waals surface area contributed by atoms with Crippen molar-refractivity contribution in [3.8, 4) is 17.0 Å². The number of hydrogen-bond acceptors (Lipinski definition) is 5. The molecule has 1 saturated carbocycles. The maximum absolute atomic E-state index is 13.0. The third kappa shape index (κ3) is 6.46. The van der Waals surface area contributed by atoms with E-state index >= 15 is 0 Å². The Bertz CT molecular complexity index is 1260. The average Bonchev–Trinajstić information content (AvgIpc) is 3.65. The third-order valence-corrected chi connectivity index (χ3v) is 6.74. The smallest absolute Gasteiger partial charge is 0.246 e. The average molecular weight is 500 g/mol. The van der Waals surface area contributed by atoms with Crippen molar-refractivity contribution >= 4 is 17.9 Å². The molecule has 0 bridgehead atoms. The molecule has 8 nitrogen and oxygen atoms in total. The van der Waals surface area contributed by atoms with E-state index in [4.69, 9.17) is 9.84 Å². The summed E-state index contributed by atoms with van der Waals surface area (Å²) in [5, 5.41) is 7.88. The quantitative estimate of drug-likeness (QED) is 0.458. The number of amides is 2. The number of para-hydroxylation sites is 1. The van der Waals surface area contributed by atoms with Crippen molar-refractivity contribution < 1.29 is 14.3 Å². The zero-order valence-corrected chi connectivity index (χ0v) is 21.2. The van der Waals surface area contributed by atoms with Crippen LogP contribution in [0.25, 0.3) is 17.3 Å². The van der Waals surface area contributed by atoms with Crippen LogP contribution in [0.3, 0.4) is 0 Å². The molecule has 3 aromatic rings. The molecule has 2 heterocycles. The van der Waals surface area contributed by atoms with Gasteiger partial charge < -0.3 is 15.0 Å². The number of nitrogens with zero attached hydrogens (tertiary/aromatic N) is 4. The van der Waals surface area contributed by atoms with Crippen molar-refractivity contribution in [1.82, 2.24) is 24.9 Å². The zero-order valence-electron chi connectivity index (χ0n) is 21.2. The van der Waals surface area contributed by atoms with Gasteiger partial charge in [-0.05, 0) is 36.6 Å². The van der Waals surface area contributed by atoms with E-state index in [1.165, 1.54) is 0 Å². The van der Waals surface area contributed by atoms with E-state index in [-0.39, 0.29) is 11.8 Å². The molecule has 37 heavy (non-hydrogen) atoms. The van der Waals surface area contributed by atoms with Gasteiger partial charge in [0.2, 0.25) is 11.8 Å². The molecular formula is C29H33N5O3. The number of aromatic nitrogens is 2. The summed E-state index contributed by atoms with van der Waals surface area (Å²) in [6.07, 6.45) is 7.61. The van der Waals surface area contributed by atoms with Crippen molar-refractivity contribution in [3.05, 3.63) is 78.0 Å². The molecule has 1 N–H and O–H groups in total. The standard InChI is InChI=1S/C29H33N5O3/c1-37-26-10-6-5-9-25(26)29-23(20-34(31-29)19-22-7-3-2-4-8-22)11-14-28(36)33-17-15-32(16-18-33)21-27(35)30-24-12-13-24/h2-11,14,20,24H,12-13,15-19,21H2,1H3,(H,30,35)/b14-11+. The SMILES string of the molecule is COc1ccccc1-c1nn(Cc2ccccc2)cc1/C=C/C(=O)N1CCN(CC(=O)NC2CC2)CC1. The van der Waals surface area contributed by atoms with Crippen LogP contribution in [0.15, 0.2) is 66.9 Å². The third-order valence-electron chi connectivity index (χ3n) is 6.74. The van der Waals surface area contributed by atoms with Crippen LogP contribution in [0.5, 0.6) is 5.75 Å². The Morgan fingerprint density at radius 1 is 1.03 bits per heavy atom. The molecule has 1 saturated heterocycles. The van der Waals surface area contributed by atoms with Crippen LogP contribution in [0, 0.1) is 0 Å². The maximum atomic E-state index is 13.0. The highest BCUT2D eigenvalue weighted by molar-refractivity contribution is 5.93. The summed E-state index contributed by atoms with van der Waals surface area (Å²) in [6.45, 7) is 3.62. The lowest BCUT2D eigenvalue weighted by atomic mass is 10.1. The van der Waals surface area contributed by atoms with Gasteiger partial charge in [-0.2, -0.15) is 5.10 Å². The predicted octanol–water partition coefficient (Wildman–Crippen LogP) is 3.04. The van der Waals surface area contributed by atoms with E-state index in [2.05, 4.69) is 22.3 Å². The Morgan fingerprint density at radius 2 is 1.76 bits per heavy atom. The summed E-state index contributed by atoms with van der Waals surface area (Å²) in [5.41, 5.74) is 3.64.